The van der Waals surface area contributed by atoms with Gasteiger partial charge in [0, 0.05) is 30.1 Å². The third-order valence-electron chi connectivity index (χ3n) is 3.46. The lowest BCUT2D eigenvalue weighted by atomic mass is 10.2. The first kappa shape index (κ1) is 18.9. The van der Waals surface area contributed by atoms with Gasteiger partial charge in [-0.3, -0.25) is 14.9 Å². The van der Waals surface area contributed by atoms with E-state index < -0.39 is 5.91 Å². The van der Waals surface area contributed by atoms with Crippen LogP contribution < -0.4 is 11.1 Å². The van der Waals surface area contributed by atoms with Crippen LogP contribution in [0.1, 0.15) is 22.3 Å². The summed E-state index contributed by atoms with van der Waals surface area (Å²) in [6, 6.07) is 16.1. The lowest BCUT2D eigenvalue weighted by Crippen LogP contribution is -2.43. The SMILES string of the molecule is NC(=O)CCN(Cc1ccccc1)C(=S)NC(=O)c1ccc(Cl)cc1. The van der Waals surface area contributed by atoms with Gasteiger partial charge in [-0.05, 0) is 42.0 Å². The van der Waals surface area contributed by atoms with E-state index in [0.717, 1.165) is 5.56 Å². The normalized spacial score (nSPS) is 10.1. The Hall–Kier alpha value is -2.44. The number of hydrogen-bond donors (Lipinski definition) is 2. The van der Waals surface area contributed by atoms with Crippen LogP contribution in [0.3, 0.4) is 0 Å². The van der Waals surface area contributed by atoms with Crippen molar-refractivity contribution in [2.45, 2.75) is 13.0 Å². The highest BCUT2D eigenvalue weighted by Gasteiger charge is 2.15. The predicted molar refractivity (Wildman–Crippen MR) is 102 cm³/mol. The predicted octanol–water partition coefficient (Wildman–Crippen LogP) is 2.73. The van der Waals surface area contributed by atoms with Crippen molar-refractivity contribution in [1.29, 1.82) is 0 Å². The Balaban J connectivity index is 2.06. The molecule has 0 aromatic heterocycles. The third-order valence-corrected chi connectivity index (χ3v) is 4.07. The van der Waals surface area contributed by atoms with E-state index in [-0.39, 0.29) is 17.4 Å². The van der Waals surface area contributed by atoms with Crippen LogP contribution in [-0.2, 0) is 11.3 Å². The van der Waals surface area contributed by atoms with E-state index >= 15 is 0 Å². The minimum Gasteiger partial charge on any atom is -0.370 e. The van der Waals surface area contributed by atoms with Gasteiger partial charge in [0.1, 0.15) is 0 Å². The molecule has 2 amide bonds. The summed E-state index contributed by atoms with van der Waals surface area (Å²) >= 11 is 11.2. The maximum atomic E-state index is 12.3. The van der Waals surface area contributed by atoms with E-state index in [4.69, 9.17) is 29.6 Å². The minimum absolute atomic E-state index is 0.143. The molecule has 0 aliphatic carbocycles. The summed E-state index contributed by atoms with van der Waals surface area (Å²) in [4.78, 5) is 25.1. The summed E-state index contributed by atoms with van der Waals surface area (Å²) in [5, 5.41) is 3.47. The average molecular weight is 376 g/mol. The van der Waals surface area contributed by atoms with Gasteiger partial charge in [0.2, 0.25) is 5.91 Å². The van der Waals surface area contributed by atoms with Crippen LogP contribution >= 0.6 is 23.8 Å². The number of benzene rings is 2. The zero-order valence-corrected chi connectivity index (χ0v) is 15.0. The van der Waals surface area contributed by atoms with Gasteiger partial charge in [0.25, 0.3) is 5.91 Å². The molecule has 0 atom stereocenters. The number of amides is 2. The second-order valence-electron chi connectivity index (χ2n) is 5.39. The summed E-state index contributed by atoms with van der Waals surface area (Å²) in [5.41, 5.74) is 6.69. The molecule has 3 N–H and O–H groups in total. The Labute approximate surface area is 156 Å². The number of carbonyl (C=O) groups is 2. The van der Waals surface area contributed by atoms with E-state index in [9.17, 15) is 9.59 Å². The lowest BCUT2D eigenvalue weighted by Gasteiger charge is -2.25. The molecule has 130 valence electrons. The molecule has 25 heavy (non-hydrogen) atoms. The highest BCUT2D eigenvalue weighted by atomic mass is 35.5. The minimum atomic E-state index is -0.426. The Morgan fingerprint density at radius 2 is 1.72 bits per heavy atom. The molecule has 0 spiro atoms. The number of nitrogens with one attached hydrogen (secondary N) is 1. The van der Waals surface area contributed by atoms with Gasteiger partial charge in [-0.1, -0.05) is 41.9 Å². The van der Waals surface area contributed by atoms with Gasteiger partial charge in [-0.25, -0.2) is 0 Å². The van der Waals surface area contributed by atoms with Crippen molar-refractivity contribution in [3.8, 4) is 0 Å². The summed E-state index contributed by atoms with van der Waals surface area (Å²) in [6.07, 6.45) is 0.143. The fraction of sp³-hybridized carbons (Fsp3) is 0.167. The molecule has 0 radical (unpaired) electrons. The van der Waals surface area contributed by atoms with Crippen LogP contribution in [0.4, 0.5) is 0 Å². The molecule has 0 aliphatic rings. The zero-order chi connectivity index (χ0) is 18.2. The summed E-state index contributed by atoms with van der Waals surface area (Å²) in [5.74, 6) is -0.760. The monoisotopic (exact) mass is 375 g/mol. The fourth-order valence-corrected chi connectivity index (χ4v) is 2.53. The van der Waals surface area contributed by atoms with Crippen LogP contribution in [0.15, 0.2) is 54.6 Å². The number of nitrogens with zero attached hydrogens (tertiary/aromatic N) is 1. The van der Waals surface area contributed by atoms with E-state index in [1.165, 1.54) is 0 Å². The maximum Gasteiger partial charge on any atom is 0.257 e. The Morgan fingerprint density at radius 1 is 1.08 bits per heavy atom. The van der Waals surface area contributed by atoms with E-state index in [0.29, 0.717) is 23.7 Å². The Bertz CT molecular complexity index is 751. The van der Waals surface area contributed by atoms with Crippen molar-refractivity contribution in [2.75, 3.05) is 6.54 Å². The van der Waals surface area contributed by atoms with Gasteiger partial charge in [-0.2, -0.15) is 0 Å². The van der Waals surface area contributed by atoms with Crippen molar-refractivity contribution in [3.63, 3.8) is 0 Å². The first-order chi connectivity index (χ1) is 12.0. The van der Waals surface area contributed by atoms with Crippen LogP contribution in [0, 0.1) is 0 Å². The lowest BCUT2D eigenvalue weighted by molar-refractivity contribution is -0.118. The molecular weight excluding hydrogens is 358 g/mol. The van der Waals surface area contributed by atoms with Gasteiger partial charge in [0.15, 0.2) is 5.11 Å². The number of rotatable bonds is 6. The van der Waals surface area contributed by atoms with Crippen molar-refractivity contribution in [3.05, 3.63) is 70.7 Å². The molecular formula is C18H18ClN3O2S. The Morgan fingerprint density at radius 3 is 2.32 bits per heavy atom. The molecule has 0 unspecified atom stereocenters. The smallest absolute Gasteiger partial charge is 0.257 e. The van der Waals surface area contributed by atoms with Crippen LogP contribution in [0.2, 0.25) is 5.02 Å². The van der Waals surface area contributed by atoms with Gasteiger partial charge >= 0.3 is 0 Å². The number of hydrogen-bond acceptors (Lipinski definition) is 3. The Kier molecular flexibility index (Phi) is 6.91. The molecule has 0 aliphatic heterocycles. The quantitative estimate of drug-likeness (QED) is 0.761. The molecule has 0 heterocycles. The number of nitrogens with two attached hydrogens (primary N) is 1. The number of thiocarbonyl (C=S) groups is 1. The van der Waals surface area contributed by atoms with Gasteiger partial charge in [-0.15, -0.1) is 0 Å². The summed E-state index contributed by atoms with van der Waals surface area (Å²) in [6.45, 7) is 0.789. The molecule has 0 bridgehead atoms. The molecule has 7 heteroatoms. The fourth-order valence-electron chi connectivity index (χ4n) is 2.15. The molecule has 0 saturated carbocycles. The summed E-state index contributed by atoms with van der Waals surface area (Å²) in [7, 11) is 0. The molecule has 0 saturated heterocycles. The van der Waals surface area contributed by atoms with Crippen molar-refractivity contribution in [2.24, 2.45) is 5.73 Å². The maximum absolute atomic E-state index is 12.3. The van der Waals surface area contributed by atoms with Gasteiger partial charge < -0.3 is 10.6 Å². The zero-order valence-electron chi connectivity index (χ0n) is 13.4. The van der Waals surface area contributed by atoms with E-state index in [1.54, 1.807) is 29.2 Å². The molecule has 2 aromatic rings. The molecule has 2 rings (SSSR count). The molecule has 2 aromatic carbocycles. The molecule has 0 fully saturated rings. The van der Waals surface area contributed by atoms with E-state index in [2.05, 4.69) is 5.32 Å². The molecule has 5 nitrogen and oxygen atoms in total. The van der Waals surface area contributed by atoms with Crippen molar-refractivity contribution in [1.82, 2.24) is 10.2 Å². The van der Waals surface area contributed by atoms with Gasteiger partial charge in [0.05, 0.1) is 0 Å². The third kappa shape index (κ3) is 6.17. The summed E-state index contributed by atoms with van der Waals surface area (Å²) < 4.78 is 0. The first-order valence-electron chi connectivity index (χ1n) is 7.64. The second-order valence-corrected chi connectivity index (χ2v) is 6.21. The van der Waals surface area contributed by atoms with Crippen molar-refractivity contribution >= 4 is 40.7 Å². The van der Waals surface area contributed by atoms with Crippen LogP contribution in [0.5, 0.6) is 0 Å². The standard InChI is InChI=1S/C18H18ClN3O2S/c19-15-8-6-14(7-9-15)17(24)21-18(25)22(11-10-16(20)23)12-13-4-2-1-3-5-13/h1-9H,10-12H2,(H2,20,23)(H,21,24,25). The number of halogens is 1. The number of carbonyl (C=O) groups excluding carboxylic acids is 2. The van der Waals surface area contributed by atoms with Crippen LogP contribution in [0.25, 0.3) is 0 Å². The largest absolute Gasteiger partial charge is 0.370 e. The highest BCUT2D eigenvalue weighted by molar-refractivity contribution is 7.80. The van der Waals surface area contributed by atoms with Crippen molar-refractivity contribution < 1.29 is 9.59 Å². The second kappa shape index (κ2) is 9.15. The van der Waals surface area contributed by atoms with E-state index in [1.807, 2.05) is 30.3 Å². The first-order valence-corrected chi connectivity index (χ1v) is 8.42. The van der Waals surface area contributed by atoms with Crippen LogP contribution in [-0.4, -0.2) is 28.4 Å². The average Bonchev–Trinajstić information content (AvgIpc) is 2.59. The topological polar surface area (TPSA) is 75.4 Å². The number of primary amides is 1. The highest BCUT2D eigenvalue weighted by Crippen LogP contribution is 2.10.